The van der Waals surface area contributed by atoms with Gasteiger partial charge in [-0.3, -0.25) is 14.6 Å². The lowest BCUT2D eigenvalue weighted by Gasteiger charge is -2.43. The van der Waals surface area contributed by atoms with Crippen molar-refractivity contribution in [2.75, 3.05) is 10.6 Å². The number of nitrogens with one attached hydrogen (secondary N) is 2. The first-order chi connectivity index (χ1) is 20.7. The molecule has 0 bridgehead atoms. The van der Waals surface area contributed by atoms with Crippen molar-refractivity contribution in [2.24, 2.45) is 0 Å². The Kier molecular flexibility index (Phi) is 10.1. The predicted molar refractivity (Wildman–Crippen MR) is 160 cm³/mol. The number of aromatic nitrogens is 5. The van der Waals surface area contributed by atoms with Crippen LogP contribution < -0.4 is 15.4 Å². The van der Waals surface area contributed by atoms with E-state index in [1.165, 1.54) is 24.3 Å². The van der Waals surface area contributed by atoms with Gasteiger partial charge in [-0.25, -0.2) is 0 Å². The van der Waals surface area contributed by atoms with Crippen molar-refractivity contribution in [3.8, 4) is 5.75 Å². The number of carbonyl (C=O) groups excluding carboxylic acids is 2. The maximum absolute atomic E-state index is 12.5. The van der Waals surface area contributed by atoms with Crippen molar-refractivity contribution in [1.82, 2.24) is 25.4 Å². The van der Waals surface area contributed by atoms with Crippen LogP contribution in [-0.4, -0.2) is 74.9 Å². The van der Waals surface area contributed by atoms with Gasteiger partial charge in [0.15, 0.2) is 5.82 Å². The molecule has 0 saturated carbocycles. The maximum atomic E-state index is 12.5. The van der Waals surface area contributed by atoms with E-state index in [4.69, 9.17) is 31.4 Å². The lowest BCUT2D eigenvalue weighted by Crippen LogP contribution is -2.44. The van der Waals surface area contributed by atoms with Gasteiger partial charge in [-0.15, -0.1) is 33.7 Å². The van der Waals surface area contributed by atoms with Crippen LogP contribution in [0, 0.1) is 0 Å². The molecule has 2 N–H and O–H groups in total. The van der Waals surface area contributed by atoms with E-state index in [-0.39, 0.29) is 53.8 Å². The van der Waals surface area contributed by atoms with Crippen LogP contribution >= 0.6 is 11.3 Å². The molecule has 1 aromatic carbocycles. The molecule has 0 aliphatic carbocycles. The largest absolute Gasteiger partial charge is 0.573 e. The van der Waals surface area contributed by atoms with Gasteiger partial charge in [-0.2, -0.15) is 5.10 Å². The Hall–Kier alpha value is -4.20. The Morgan fingerprint density at radius 3 is 2.32 bits per heavy atom. The number of pyridine rings is 1. The minimum absolute atomic E-state index is 0.0252. The number of halogens is 3. The fraction of sp³-hybridized carbons (Fsp3) is 0.269. The van der Waals surface area contributed by atoms with E-state index in [0.717, 1.165) is 23.5 Å². The van der Waals surface area contributed by atoms with Gasteiger partial charge in [0.2, 0.25) is 16.9 Å². The van der Waals surface area contributed by atoms with E-state index in [2.05, 4.69) is 40.7 Å². The second-order valence-corrected chi connectivity index (χ2v) is 10.7. The molecule has 18 heteroatoms. The van der Waals surface area contributed by atoms with Gasteiger partial charge in [0.25, 0.3) is 0 Å². The summed E-state index contributed by atoms with van der Waals surface area (Å²) < 4.78 is 41.3. The summed E-state index contributed by atoms with van der Waals surface area (Å²) in [5.74, 6) is -1.29. The summed E-state index contributed by atoms with van der Waals surface area (Å²) in [7, 11) is 25.2. The van der Waals surface area contributed by atoms with Crippen LogP contribution in [0.5, 0.6) is 5.75 Å². The summed E-state index contributed by atoms with van der Waals surface area (Å²) in [6.07, 6.45) is -3.16. The smallest absolute Gasteiger partial charge is 0.406 e. The Bertz CT molecular complexity index is 1590. The van der Waals surface area contributed by atoms with Gasteiger partial charge < -0.3 is 15.4 Å². The molecule has 2 amide bonds. The molecule has 0 unspecified atom stereocenters. The Balaban J connectivity index is 1.30. The third-order valence-corrected chi connectivity index (χ3v) is 7.05. The molecule has 4 aromatic rings. The minimum Gasteiger partial charge on any atom is -0.406 e. The van der Waals surface area contributed by atoms with Crippen LogP contribution in [0.3, 0.4) is 0 Å². The molecule has 0 aliphatic heterocycles. The molecule has 0 fully saturated rings. The third-order valence-electron chi connectivity index (χ3n) is 6.16. The number of anilines is 2. The van der Waals surface area contributed by atoms with Crippen molar-refractivity contribution in [3.63, 3.8) is 0 Å². The highest BCUT2D eigenvalue weighted by molar-refractivity contribution is 7.15. The molecule has 0 spiro atoms. The zero-order chi connectivity index (χ0) is 32.0. The van der Waals surface area contributed by atoms with E-state index < -0.39 is 28.4 Å². The van der Waals surface area contributed by atoms with Crippen molar-refractivity contribution < 1.29 is 27.5 Å². The Morgan fingerprint density at radius 1 is 0.864 bits per heavy atom. The van der Waals surface area contributed by atoms with E-state index in [9.17, 15) is 22.8 Å². The van der Waals surface area contributed by atoms with Crippen LogP contribution in [0.2, 0.25) is 5.21 Å². The second kappa shape index (κ2) is 13.6. The molecule has 0 atom stereocenters. The number of alkyl halides is 3. The van der Waals surface area contributed by atoms with E-state index in [1.54, 1.807) is 24.4 Å². The van der Waals surface area contributed by atoms with Crippen LogP contribution in [0.4, 0.5) is 24.1 Å². The van der Waals surface area contributed by atoms with Gasteiger partial charge in [0.05, 0.1) is 49.9 Å². The van der Waals surface area contributed by atoms with Crippen LogP contribution in [0.1, 0.15) is 28.4 Å². The molecule has 3 heterocycles. The fourth-order valence-electron chi connectivity index (χ4n) is 3.84. The lowest BCUT2D eigenvalue weighted by molar-refractivity contribution is -0.274. The Labute approximate surface area is 259 Å². The van der Waals surface area contributed by atoms with Crippen LogP contribution in [-0.2, 0) is 34.1 Å². The monoisotopic (exact) mass is 611 g/mol. The quantitative estimate of drug-likeness (QED) is 0.234. The maximum Gasteiger partial charge on any atom is 0.573 e. The summed E-state index contributed by atoms with van der Waals surface area (Å²) in [5.41, 5.74) is 0.912. The molecule has 8 radical (unpaired) electrons. The highest BCUT2D eigenvalue weighted by atomic mass is 32.1. The molecule has 216 valence electrons. The fourth-order valence-corrected chi connectivity index (χ4v) is 4.59. The second-order valence-electron chi connectivity index (χ2n) is 9.68. The van der Waals surface area contributed by atoms with Gasteiger partial charge in [-0.1, -0.05) is 41.2 Å². The molecular formula is C26H20B4F3N7O3S. The average Bonchev–Trinajstić information content (AvgIpc) is 3.39. The van der Waals surface area contributed by atoms with Crippen molar-refractivity contribution >= 4 is 65.5 Å². The number of amides is 2. The number of aryl methyl sites for hydroxylation is 1. The van der Waals surface area contributed by atoms with Gasteiger partial charge >= 0.3 is 6.36 Å². The number of carbonyl (C=O) groups is 2. The summed E-state index contributed by atoms with van der Waals surface area (Å²) >= 11 is 1.14. The average molecular weight is 611 g/mol. The van der Waals surface area contributed by atoms with Crippen molar-refractivity contribution in [2.45, 2.75) is 42.5 Å². The van der Waals surface area contributed by atoms with Gasteiger partial charge in [0.1, 0.15) is 10.8 Å². The van der Waals surface area contributed by atoms with Crippen molar-refractivity contribution in [1.29, 1.82) is 0 Å². The molecule has 4 rings (SSSR count). The lowest BCUT2D eigenvalue weighted by atomic mass is 9.28. The predicted octanol–water partition coefficient (Wildman–Crippen LogP) is 2.56. The summed E-state index contributed by atoms with van der Waals surface area (Å²) in [6.45, 7) is 0. The minimum atomic E-state index is -4.86. The molecule has 0 saturated heterocycles. The van der Waals surface area contributed by atoms with E-state index in [0.29, 0.717) is 10.7 Å². The number of hydrogen-bond acceptors (Lipinski definition) is 9. The Morgan fingerprint density at radius 2 is 1.64 bits per heavy atom. The van der Waals surface area contributed by atoms with Crippen molar-refractivity contribution in [3.05, 3.63) is 82.8 Å². The van der Waals surface area contributed by atoms with Crippen LogP contribution in [0.15, 0.2) is 60.8 Å². The van der Waals surface area contributed by atoms with E-state index >= 15 is 0 Å². The molecule has 44 heavy (non-hydrogen) atoms. The van der Waals surface area contributed by atoms with E-state index in [1.807, 2.05) is 0 Å². The molecule has 10 nitrogen and oxygen atoms in total. The molecule has 3 aromatic heterocycles. The normalized spacial score (nSPS) is 12.0. The molecule has 0 aliphatic rings. The van der Waals surface area contributed by atoms with Gasteiger partial charge in [0, 0.05) is 18.3 Å². The SMILES string of the molecule is [B]C([B])(CCc1nnc(NC(=O)Cc2ccccn2)s1)C([B])([B])c1ccc(NC(=O)Cc2cccc(OC(F)(F)F)c2)nn1. The number of rotatable bonds is 12. The topological polar surface area (TPSA) is 132 Å². The summed E-state index contributed by atoms with van der Waals surface area (Å²) in [6, 6.07) is 13.1. The first kappa shape index (κ1) is 32.7. The van der Waals surface area contributed by atoms with Crippen LogP contribution in [0.25, 0.3) is 0 Å². The standard InChI is InChI=1S/C26H20B4F3N7O3S/c27-24(28,10-9-22-39-40-23(44-22)36-21(42)14-16-5-1-2-11-34-16)25(29,30)18-7-8-19(38-37-18)35-20(41)13-15-4-3-6-17(12-15)43-26(31,32)33/h1-8,11-12H,9-10,13-14H2,(H,35,38,41)(H,36,40,42). The number of ether oxygens (including phenoxy) is 1. The number of benzene rings is 1. The first-order valence-electron chi connectivity index (χ1n) is 12.9. The third kappa shape index (κ3) is 9.15. The molecular weight excluding hydrogens is 591 g/mol. The zero-order valence-corrected chi connectivity index (χ0v) is 23.7. The first-order valence-corrected chi connectivity index (χ1v) is 13.7. The number of nitrogens with zero attached hydrogens (tertiary/aromatic N) is 5. The highest BCUT2D eigenvalue weighted by Crippen LogP contribution is 2.41. The zero-order valence-electron chi connectivity index (χ0n) is 22.9. The summed E-state index contributed by atoms with van der Waals surface area (Å²) in [4.78, 5) is 28.8. The van der Waals surface area contributed by atoms with Gasteiger partial charge in [-0.05, 0) is 42.0 Å². The highest BCUT2D eigenvalue weighted by Gasteiger charge is 2.37. The summed E-state index contributed by atoms with van der Waals surface area (Å²) in [5, 5.41) is 18.2. The number of hydrogen-bond donors (Lipinski definition) is 2.